The van der Waals surface area contributed by atoms with Gasteiger partial charge in [0, 0.05) is 17.4 Å². The molecule has 4 aromatic rings. The monoisotopic (exact) mass is 481 g/mol. The summed E-state index contributed by atoms with van der Waals surface area (Å²) in [4.78, 5) is 21.0. The summed E-state index contributed by atoms with van der Waals surface area (Å²) in [6, 6.07) is 12.0. The van der Waals surface area contributed by atoms with Crippen molar-refractivity contribution in [1.29, 1.82) is 0 Å². The Labute approximate surface area is 187 Å². The molecule has 8 nitrogen and oxygen atoms in total. The van der Waals surface area contributed by atoms with Crippen molar-refractivity contribution in [2.75, 3.05) is 5.32 Å². The Morgan fingerprint density at radius 1 is 1.06 bits per heavy atom. The second kappa shape index (κ2) is 8.35. The van der Waals surface area contributed by atoms with Crippen molar-refractivity contribution in [3.05, 3.63) is 75.7 Å². The van der Waals surface area contributed by atoms with Gasteiger partial charge in [0.15, 0.2) is 16.2 Å². The molecule has 1 aromatic carbocycles. The molecular formula is C22H20BrN5O3. The fourth-order valence-corrected chi connectivity index (χ4v) is 3.29. The van der Waals surface area contributed by atoms with Crippen LogP contribution >= 0.6 is 15.9 Å². The van der Waals surface area contributed by atoms with Crippen LogP contribution in [0.15, 0.2) is 51.6 Å². The van der Waals surface area contributed by atoms with E-state index in [2.05, 4.69) is 36.3 Å². The Balaban J connectivity index is 1.51. The summed E-state index contributed by atoms with van der Waals surface area (Å²) < 4.78 is 13.5. The average molecular weight is 482 g/mol. The first kappa shape index (κ1) is 20.8. The number of furan rings is 1. The molecule has 3 heterocycles. The number of halogens is 1. The molecule has 0 radical (unpaired) electrons. The number of aryl methyl sites for hydroxylation is 2. The van der Waals surface area contributed by atoms with Crippen molar-refractivity contribution in [3.63, 3.8) is 0 Å². The van der Waals surface area contributed by atoms with Gasteiger partial charge >= 0.3 is 0 Å². The summed E-state index contributed by atoms with van der Waals surface area (Å²) in [5.74, 6) is 2.08. The lowest BCUT2D eigenvalue weighted by Crippen LogP contribution is -2.10. The number of hydrogen-bond acceptors (Lipinski definition) is 6. The highest BCUT2D eigenvalue weighted by molar-refractivity contribution is 9.10. The van der Waals surface area contributed by atoms with Gasteiger partial charge in [-0.15, -0.1) is 0 Å². The minimum absolute atomic E-state index is 0.218. The lowest BCUT2D eigenvalue weighted by atomic mass is 10.2. The quantitative estimate of drug-likeness (QED) is 0.415. The molecule has 0 atom stereocenters. The maximum absolute atomic E-state index is 12.2. The largest absolute Gasteiger partial charge is 0.444 e. The molecule has 0 aliphatic carbocycles. The highest BCUT2D eigenvalue weighted by Crippen LogP contribution is 2.25. The van der Waals surface area contributed by atoms with E-state index in [0.29, 0.717) is 33.6 Å². The van der Waals surface area contributed by atoms with Gasteiger partial charge in [-0.1, -0.05) is 0 Å². The van der Waals surface area contributed by atoms with E-state index in [9.17, 15) is 4.79 Å². The second-order valence-electron chi connectivity index (χ2n) is 7.00. The molecule has 3 aromatic heterocycles. The number of hydrogen-bond donors (Lipinski definition) is 1. The molecule has 0 unspecified atom stereocenters. The van der Waals surface area contributed by atoms with Crippen molar-refractivity contribution in [2.45, 2.75) is 27.7 Å². The number of nitrogens with zero attached hydrogens (tertiary/aromatic N) is 4. The number of carbonyl (C=O) groups excluding carboxylic acids is 1. The smallest absolute Gasteiger partial charge is 0.291 e. The summed E-state index contributed by atoms with van der Waals surface area (Å²) in [7, 11) is 0. The van der Waals surface area contributed by atoms with Crippen LogP contribution in [0.4, 0.5) is 5.69 Å². The van der Waals surface area contributed by atoms with E-state index in [1.54, 1.807) is 54.1 Å². The molecule has 1 N–H and O–H groups in total. The van der Waals surface area contributed by atoms with E-state index in [0.717, 1.165) is 17.0 Å². The predicted molar refractivity (Wildman–Crippen MR) is 119 cm³/mol. The standard InChI is InChI=1S/C22H20BrN5O3/c1-12-13(2)27-28(14(12)3)20-11-21(25-15(4)24-20)30-17-7-5-16(6-8-17)26-22(29)18-9-10-19(23)31-18/h5-11H,1-4H3,(H,26,29). The van der Waals surface area contributed by atoms with Crippen LogP contribution in [0, 0.1) is 27.7 Å². The van der Waals surface area contributed by atoms with Crippen LogP contribution in [-0.2, 0) is 0 Å². The van der Waals surface area contributed by atoms with Crippen molar-refractivity contribution in [3.8, 4) is 17.4 Å². The minimum Gasteiger partial charge on any atom is -0.444 e. The van der Waals surface area contributed by atoms with Gasteiger partial charge in [-0.05, 0) is 85.6 Å². The van der Waals surface area contributed by atoms with E-state index in [-0.39, 0.29) is 11.7 Å². The summed E-state index contributed by atoms with van der Waals surface area (Å²) in [6.45, 7) is 7.81. The number of carbonyl (C=O) groups is 1. The predicted octanol–water partition coefficient (Wildman–Crippen LogP) is 5.30. The second-order valence-corrected chi connectivity index (χ2v) is 7.79. The van der Waals surface area contributed by atoms with Crippen molar-refractivity contribution >= 4 is 27.5 Å². The molecule has 158 valence electrons. The molecule has 0 saturated carbocycles. The molecule has 4 rings (SSSR count). The lowest BCUT2D eigenvalue weighted by molar-refractivity contribution is 0.0995. The van der Waals surface area contributed by atoms with Gasteiger partial charge in [0.05, 0.1) is 5.69 Å². The first-order chi connectivity index (χ1) is 14.8. The molecule has 0 fully saturated rings. The molecule has 1 amide bonds. The molecule has 0 spiro atoms. The van der Waals surface area contributed by atoms with Crippen LogP contribution < -0.4 is 10.1 Å². The average Bonchev–Trinajstić information content (AvgIpc) is 3.28. The van der Waals surface area contributed by atoms with Gasteiger partial charge < -0.3 is 14.5 Å². The van der Waals surface area contributed by atoms with E-state index in [1.165, 1.54) is 0 Å². The Kier molecular flexibility index (Phi) is 5.60. The van der Waals surface area contributed by atoms with Crippen LogP contribution in [-0.4, -0.2) is 25.7 Å². The molecule has 0 saturated heterocycles. The zero-order chi connectivity index (χ0) is 22.1. The van der Waals surface area contributed by atoms with Crippen LogP contribution in [0.5, 0.6) is 11.6 Å². The molecule has 0 aliphatic rings. The SMILES string of the molecule is Cc1nc(Oc2ccc(NC(=O)c3ccc(Br)o3)cc2)cc(-n2nc(C)c(C)c2C)n1. The maximum atomic E-state index is 12.2. The summed E-state index contributed by atoms with van der Waals surface area (Å²) >= 11 is 3.18. The van der Waals surface area contributed by atoms with E-state index in [4.69, 9.17) is 9.15 Å². The maximum Gasteiger partial charge on any atom is 0.291 e. The van der Waals surface area contributed by atoms with Crippen molar-refractivity contribution in [1.82, 2.24) is 19.7 Å². The zero-order valence-electron chi connectivity index (χ0n) is 17.4. The van der Waals surface area contributed by atoms with Crippen LogP contribution in [0.1, 0.15) is 33.3 Å². The third kappa shape index (κ3) is 4.51. The van der Waals surface area contributed by atoms with Gasteiger partial charge in [0.25, 0.3) is 5.91 Å². The highest BCUT2D eigenvalue weighted by Gasteiger charge is 2.13. The van der Waals surface area contributed by atoms with E-state index < -0.39 is 0 Å². The third-order valence-electron chi connectivity index (χ3n) is 4.80. The topological polar surface area (TPSA) is 95.1 Å². The van der Waals surface area contributed by atoms with Gasteiger partial charge in [0.2, 0.25) is 5.88 Å². The number of aromatic nitrogens is 4. The molecule has 31 heavy (non-hydrogen) atoms. The fourth-order valence-electron chi connectivity index (χ4n) is 2.99. The molecule has 0 bridgehead atoms. The van der Waals surface area contributed by atoms with Crippen LogP contribution in [0.2, 0.25) is 0 Å². The Hall–Kier alpha value is -3.46. The zero-order valence-corrected chi connectivity index (χ0v) is 19.0. The molecule has 0 aliphatic heterocycles. The number of ether oxygens (including phenoxy) is 1. The number of nitrogens with one attached hydrogen (secondary N) is 1. The number of amides is 1. The minimum atomic E-state index is -0.337. The fraction of sp³-hybridized carbons (Fsp3) is 0.182. The first-order valence-electron chi connectivity index (χ1n) is 9.53. The summed E-state index contributed by atoms with van der Waals surface area (Å²) in [5, 5.41) is 7.32. The Morgan fingerprint density at radius 2 is 1.81 bits per heavy atom. The number of anilines is 1. The lowest BCUT2D eigenvalue weighted by Gasteiger charge is -2.10. The van der Waals surface area contributed by atoms with E-state index >= 15 is 0 Å². The van der Waals surface area contributed by atoms with Crippen LogP contribution in [0.3, 0.4) is 0 Å². The summed E-state index contributed by atoms with van der Waals surface area (Å²) in [5.41, 5.74) is 3.71. The van der Waals surface area contributed by atoms with E-state index in [1.807, 2.05) is 20.8 Å². The Morgan fingerprint density at radius 3 is 2.42 bits per heavy atom. The number of rotatable bonds is 5. The highest BCUT2D eigenvalue weighted by atomic mass is 79.9. The molecule has 9 heteroatoms. The summed E-state index contributed by atoms with van der Waals surface area (Å²) in [6.07, 6.45) is 0. The van der Waals surface area contributed by atoms with Gasteiger partial charge in [-0.2, -0.15) is 10.1 Å². The van der Waals surface area contributed by atoms with Crippen molar-refractivity contribution in [2.24, 2.45) is 0 Å². The third-order valence-corrected chi connectivity index (χ3v) is 5.23. The van der Waals surface area contributed by atoms with Gasteiger partial charge in [0.1, 0.15) is 11.6 Å². The molecular weight excluding hydrogens is 462 g/mol. The van der Waals surface area contributed by atoms with Crippen LogP contribution in [0.25, 0.3) is 5.82 Å². The van der Waals surface area contributed by atoms with Gasteiger partial charge in [-0.25, -0.2) is 9.67 Å². The van der Waals surface area contributed by atoms with Gasteiger partial charge in [-0.3, -0.25) is 4.79 Å². The first-order valence-corrected chi connectivity index (χ1v) is 10.3. The number of benzene rings is 1. The Bertz CT molecular complexity index is 1260. The van der Waals surface area contributed by atoms with Crippen molar-refractivity contribution < 1.29 is 13.9 Å². The normalized spacial score (nSPS) is 10.9.